The smallest absolute Gasteiger partial charge is 0.246 e. The van der Waals surface area contributed by atoms with Gasteiger partial charge in [-0.2, -0.15) is 0 Å². The molecule has 3 aromatic rings. The summed E-state index contributed by atoms with van der Waals surface area (Å²) in [5.74, 6) is -3.70. The van der Waals surface area contributed by atoms with Crippen LogP contribution in [-0.2, 0) is 65.6 Å². The molecular formula is C64H95N11O12. The van der Waals surface area contributed by atoms with Crippen LogP contribution >= 0.6 is 0 Å². The average molecular weight is 1210 g/mol. The molecule has 5 amide bonds. The number of aliphatic hydroxyl groups excluding tert-OH is 1. The second-order valence-corrected chi connectivity index (χ2v) is 24.0. The molecule has 0 saturated carbocycles. The van der Waals surface area contributed by atoms with E-state index in [1.54, 1.807) is 43.5 Å². The van der Waals surface area contributed by atoms with Crippen molar-refractivity contribution >= 4 is 75.1 Å². The first kappa shape index (κ1) is 72.3. The minimum atomic E-state index is -1.73. The molecule has 1 aliphatic rings. The number of carbonyl (C=O) groups is 11. The van der Waals surface area contributed by atoms with E-state index in [0.29, 0.717) is 25.7 Å². The Labute approximate surface area is 511 Å². The molecule has 2 aromatic carbocycles. The summed E-state index contributed by atoms with van der Waals surface area (Å²) in [4.78, 5) is 154. The second-order valence-electron chi connectivity index (χ2n) is 24.0. The number of rotatable bonds is 21. The maximum atomic E-state index is 14.6. The lowest BCUT2D eigenvalue weighted by molar-refractivity contribution is -0.141. The van der Waals surface area contributed by atoms with Crippen molar-refractivity contribution < 1.29 is 57.8 Å². The summed E-state index contributed by atoms with van der Waals surface area (Å²) >= 11 is 0. The van der Waals surface area contributed by atoms with Crippen molar-refractivity contribution in [2.45, 2.75) is 199 Å². The third-order valence-corrected chi connectivity index (χ3v) is 16.0. The molecule has 0 saturated heterocycles. The van der Waals surface area contributed by atoms with E-state index in [2.05, 4.69) is 47.6 Å². The molecule has 23 nitrogen and oxygen atoms in total. The van der Waals surface area contributed by atoms with E-state index in [-0.39, 0.29) is 75.6 Å². The lowest BCUT2D eigenvalue weighted by atomic mass is 9.88. The molecule has 87 heavy (non-hydrogen) atoms. The van der Waals surface area contributed by atoms with Crippen molar-refractivity contribution in [3.8, 4) is 0 Å². The van der Waals surface area contributed by atoms with Crippen molar-refractivity contribution in [1.29, 1.82) is 0 Å². The van der Waals surface area contributed by atoms with E-state index in [1.165, 1.54) is 27.7 Å². The van der Waals surface area contributed by atoms with Crippen LogP contribution in [0.15, 0.2) is 72.9 Å². The second kappa shape index (κ2) is 36.2. The van der Waals surface area contributed by atoms with Crippen LogP contribution in [0.4, 0.5) is 0 Å². The standard InChI is InChI=1S/C64H95N11O12/c1-40(2)32-46-37-68-49(28-29-54(65)79)57(82)55(80)42(4)71-60(85)51(34-45-36-67-48-27-21-20-26-47(45)48)69-38-53(78)63(6,70-35-41(3)77)30-22-15-13-11-9-8-10-12-14-16-23-31-64(7,74-59(46)84)62(87)73-52(39-76)61(86)72-43(5)56(81)58(83)50(75-66)33-44-24-18-17-19-25-44/h12,14,17-21,24-27,36,40,42-43,46,49-52,67-70,75-76H,8-11,13,15-16,22-23,28-35,37-39,66H2,1-7H3,(H2,65,79)(H,71,85)(H,72,86)(H,73,87)(H,74,84)/t42?,43-,46+,49-,50-,51-,52-,63+,64-/m0/s1. The molecule has 9 atom stereocenters. The number of nitrogens with one attached hydrogen (secondary N) is 9. The van der Waals surface area contributed by atoms with Crippen LogP contribution in [0.3, 0.4) is 0 Å². The van der Waals surface area contributed by atoms with E-state index in [1.807, 2.05) is 50.3 Å². The zero-order valence-electron chi connectivity index (χ0n) is 51.8. The molecule has 14 N–H and O–H groups in total. The molecular weight excluding hydrogens is 1110 g/mol. The molecule has 0 radical (unpaired) electrons. The molecule has 1 aromatic heterocycles. The van der Waals surface area contributed by atoms with E-state index in [0.717, 1.165) is 60.6 Å². The van der Waals surface area contributed by atoms with Crippen molar-refractivity contribution in [3.63, 3.8) is 0 Å². The largest absolute Gasteiger partial charge is 0.394 e. The number of Topliss-reactive ketones (excluding diaryl/α,β-unsaturated/α-hetero) is 6. The Kier molecular flexibility index (Phi) is 30.1. The predicted molar refractivity (Wildman–Crippen MR) is 331 cm³/mol. The van der Waals surface area contributed by atoms with Crippen LogP contribution in [0.25, 0.3) is 10.9 Å². The van der Waals surface area contributed by atoms with Gasteiger partial charge in [0.05, 0.1) is 61.4 Å². The van der Waals surface area contributed by atoms with Crippen LogP contribution in [-0.4, -0.2) is 148 Å². The number of aromatic amines is 1. The Morgan fingerprint density at radius 1 is 0.759 bits per heavy atom. The van der Waals surface area contributed by atoms with Gasteiger partial charge in [-0.3, -0.25) is 69.2 Å². The zero-order chi connectivity index (χ0) is 64.3. The minimum absolute atomic E-state index is 0.0360. The number of fused-ring (bicyclic) bond motifs is 1. The highest BCUT2D eigenvalue weighted by atomic mass is 16.3. The van der Waals surface area contributed by atoms with Gasteiger partial charge in [-0.25, -0.2) is 5.43 Å². The summed E-state index contributed by atoms with van der Waals surface area (Å²) in [7, 11) is 0. The Morgan fingerprint density at radius 2 is 1.41 bits per heavy atom. The van der Waals surface area contributed by atoms with Gasteiger partial charge in [0.25, 0.3) is 0 Å². The van der Waals surface area contributed by atoms with Crippen molar-refractivity contribution in [1.82, 2.24) is 47.6 Å². The number of hydrazine groups is 1. The third kappa shape index (κ3) is 23.5. The van der Waals surface area contributed by atoms with Crippen LogP contribution in [0, 0.1) is 11.8 Å². The number of ketones is 6. The van der Waals surface area contributed by atoms with E-state index in [4.69, 9.17) is 11.6 Å². The lowest BCUT2D eigenvalue weighted by Gasteiger charge is -2.33. The maximum Gasteiger partial charge on any atom is 0.246 e. The number of allylic oxidation sites excluding steroid dienone is 2. The summed E-state index contributed by atoms with van der Waals surface area (Å²) in [6.07, 6.45) is 12.9. The first-order valence-corrected chi connectivity index (χ1v) is 30.6. The van der Waals surface area contributed by atoms with Gasteiger partial charge in [-0.05, 0) is 122 Å². The molecule has 4 rings (SSSR count). The Bertz CT molecular complexity index is 2860. The van der Waals surface area contributed by atoms with Gasteiger partial charge in [0.15, 0.2) is 5.78 Å². The number of aromatic nitrogens is 1. The molecule has 478 valence electrons. The Hall–Kier alpha value is -7.15. The first-order chi connectivity index (χ1) is 41.3. The number of H-pyrrole nitrogens is 1. The van der Waals surface area contributed by atoms with E-state index >= 15 is 0 Å². The van der Waals surface area contributed by atoms with Gasteiger partial charge < -0.3 is 42.4 Å². The highest BCUT2D eigenvalue weighted by molar-refractivity contribution is 6.41. The van der Waals surface area contributed by atoms with Gasteiger partial charge in [0.1, 0.15) is 17.4 Å². The normalized spacial score (nSPS) is 23.6. The lowest BCUT2D eigenvalue weighted by Crippen LogP contribution is -2.63. The first-order valence-electron chi connectivity index (χ1n) is 30.6. The van der Waals surface area contributed by atoms with Gasteiger partial charge in [-0.15, -0.1) is 0 Å². The summed E-state index contributed by atoms with van der Waals surface area (Å²) in [6.45, 7) is 9.53. The number of nitrogens with two attached hydrogens (primary N) is 2. The number of aliphatic hydroxyl groups is 1. The number of para-hydroxylation sites is 1. The number of hydrogen-bond acceptors (Lipinski definition) is 17. The Morgan fingerprint density at radius 3 is 2.07 bits per heavy atom. The van der Waals surface area contributed by atoms with E-state index < -0.39 is 113 Å². The molecule has 0 fully saturated rings. The van der Waals surface area contributed by atoms with Crippen LogP contribution in [0.2, 0.25) is 0 Å². The monoisotopic (exact) mass is 1210 g/mol. The molecule has 0 bridgehead atoms. The molecule has 1 unspecified atom stereocenters. The molecule has 1 aliphatic heterocycles. The van der Waals surface area contributed by atoms with Gasteiger partial charge in [0.2, 0.25) is 52.7 Å². The highest BCUT2D eigenvalue weighted by Gasteiger charge is 2.41. The van der Waals surface area contributed by atoms with Crippen LogP contribution in [0.5, 0.6) is 0 Å². The quantitative estimate of drug-likeness (QED) is 0.0316. The number of carbonyl (C=O) groups excluding carboxylic acids is 11. The summed E-state index contributed by atoms with van der Waals surface area (Å²) < 4.78 is 0. The zero-order valence-corrected chi connectivity index (χ0v) is 51.8. The van der Waals surface area contributed by atoms with Crippen molar-refractivity contribution in [3.05, 3.63) is 84.1 Å². The van der Waals surface area contributed by atoms with Gasteiger partial charge in [0, 0.05) is 30.1 Å². The minimum Gasteiger partial charge on any atom is -0.394 e. The van der Waals surface area contributed by atoms with Crippen LogP contribution < -0.4 is 54.2 Å². The average Bonchev–Trinajstić information content (AvgIpc) is 2.72. The highest BCUT2D eigenvalue weighted by Crippen LogP contribution is 2.23. The summed E-state index contributed by atoms with van der Waals surface area (Å²) in [5, 5.41) is 31.1. The number of primary amides is 1. The molecule has 23 heteroatoms. The van der Waals surface area contributed by atoms with E-state index in [9.17, 15) is 57.8 Å². The van der Waals surface area contributed by atoms with Crippen molar-refractivity contribution in [2.24, 2.45) is 23.4 Å². The molecule has 0 aliphatic carbocycles. The predicted octanol–water partition coefficient (Wildman–Crippen LogP) is 2.63. The maximum absolute atomic E-state index is 14.6. The Balaban J connectivity index is 1.63. The number of amides is 5. The van der Waals surface area contributed by atoms with Gasteiger partial charge in [-0.1, -0.05) is 107 Å². The fourth-order valence-electron chi connectivity index (χ4n) is 10.6. The molecule has 2 heterocycles. The summed E-state index contributed by atoms with van der Waals surface area (Å²) in [5.41, 5.74) is 7.33. The SMILES string of the molecule is CC(=O)CN[C@]1(C)CCCCCCCCC=CCCC[C@@](C)(C(=O)N[C@@H](CO)C(=O)N[C@@H](C)C(=O)C(=O)[C@H](Cc2ccccc2)NN)NC(=O)[C@H](CC(C)C)CN[C@@H](CCC(N)=O)C(=O)C(=O)C(C)NC(=O)[C@H](Cc2c[nH]c3ccccc23)NCC1=O. The topological polar surface area (TPSA) is 372 Å². The fraction of sp³-hybridized carbons (Fsp3) is 0.578. The third-order valence-electron chi connectivity index (χ3n) is 16.0. The van der Waals surface area contributed by atoms with Crippen LogP contribution in [0.1, 0.15) is 149 Å². The number of benzene rings is 2. The fourth-order valence-corrected chi connectivity index (χ4v) is 10.6. The molecule has 0 spiro atoms. The van der Waals surface area contributed by atoms with Crippen molar-refractivity contribution in [2.75, 3.05) is 26.2 Å². The summed E-state index contributed by atoms with van der Waals surface area (Å²) in [6, 6.07) is 8.29. The number of hydrogen-bond donors (Lipinski definition) is 12. The van der Waals surface area contributed by atoms with Gasteiger partial charge >= 0.3 is 0 Å².